The fourth-order valence-electron chi connectivity index (χ4n) is 4.47. The second-order valence-electron chi connectivity index (χ2n) is 9.55. The number of sulfonamides is 1. The molecular formula is C29H25BrN6O6S2. The van der Waals surface area contributed by atoms with E-state index in [-0.39, 0.29) is 27.3 Å². The minimum atomic E-state index is -3.86. The molecule has 4 aromatic rings. The summed E-state index contributed by atoms with van der Waals surface area (Å²) in [6.45, 7) is 1.32. The Morgan fingerprint density at radius 3 is 2.43 bits per heavy atom. The second kappa shape index (κ2) is 12.3. The Hall–Kier alpha value is -4.44. The highest BCUT2D eigenvalue weighted by molar-refractivity contribution is 9.10. The molecule has 3 aromatic carbocycles. The molecule has 1 aliphatic rings. The fourth-order valence-corrected chi connectivity index (χ4v) is 6.21. The van der Waals surface area contributed by atoms with E-state index in [9.17, 15) is 22.8 Å². The predicted molar refractivity (Wildman–Crippen MR) is 173 cm³/mol. The van der Waals surface area contributed by atoms with Gasteiger partial charge in [-0.1, -0.05) is 34.1 Å². The SMILES string of the molecule is Cc1c(N2C(=N)S/C(=C\c3cc(Br)ccc3OCC(=O)Nc3ccc(S(N)(=O)=O)cc3)C2=O)c(=O)n(-c2ccccc2)n1C. The number of nitrogens with two attached hydrogens (primary N) is 1. The summed E-state index contributed by atoms with van der Waals surface area (Å²) >= 11 is 4.32. The van der Waals surface area contributed by atoms with Crippen molar-refractivity contribution in [1.29, 1.82) is 5.41 Å². The summed E-state index contributed by atoms with van der Waals surface area (Å²) in [5.41, 5.74) is 1.58. The summed E-state index contributed by atoms with van der Waals surface area (Å²) in [5.74, 6) is -0.762. The predicted octanol–water partition coefficient (Wildman–Crippen LogP) is 3.97. The molecule has 0 spiro atoms. The van der Waals surface area contributed by atoms with Crippen LogP contribution in [0.5, 0.6) is 5.75 Å². The van der Waals surface area contributed by atoms with Gasteiger partial charge in [0.15, 0.2) is 11.8 Å². The number of primary sulfonamides is 1. The van der Waals surface area contributed by atoms with Crippen molar-refractivity contribution in [2.75, 3.05) is 16.8 Å². The number of ether oxygens (including phenoxy) is 1. The van der Waals surface area contributed by atoms with Crippen LogP contribution in [-0.2, 0) is 26.7 Å². The monoisotopic (exact) mass is 696 g/mol. The summed E-state index contributed by atoms with van der Waals surface area (Å²) in [7, 11) is -2.15. The Balaban J connectivity index is 1.37. The molecule has 1 saturated heterocycles. The number of hydrogen-bond donors (Lipinski definition) is 3. The van der Waals surface area contributed by atoms with Crippen molar-refractivity contribution in [3.63, 3.8) is 0 Å². The smallest absolute Gasteiger partial charge is 0.296 e. The Kier molecular flexibility index (Phi) is 8.65. The zero-order valence-corrected chi connectivity index (χ0v) is 26.5. The first-order valence-electron chi connectivity index (χ1n) is 12.9. The number of hydrogen-bond acceptors (Lipinski definition) is 8. The molecule has 226 valence electrons. The van der Waals surface area contributed by atoms with Gasteiger partial charge < -0.3 is 10.1 Å². The van der Waals surface area contributed by atoms with Crippen molar-refractivity contribution < 1.29 is 22.7 Å². The lowest BCUT2D eigenvalue weighted by Crippen LogP contribution is -2.33. The number of rotatable bonds is 8. The molecule has 2 heterocycles. The lowest BCUT2D eigenvalue weighted by atomic mass is 10.2. The number of anilines is 2. The Morgan fingerprint density at radius 1 is 1.09 bits per heavy atom. The molecular weight excluding hydrogens is 672 g/mol. The molecule has 0 unspecified atom stereocenters. The van der Waals surface area contributed by atoms with Crippen molar-refractivity contribution in [2.24, 2.45) is 12.2 Å². The molecule has 0 aliphatic carbocycles. The van der Waals surface area contributed by atoms with Gasteiger partial charge >= 0.3 is 0 Å². The van der Waals surface area contributed by atoms with E-state index < -0.39 is 27.4 Å². The van der Waals surface area contributed by atoms with Gasteiger partial charge in [-0.2, -0.15) is 0 Å². The number of aromatic nitrogens is 2. The quantitative estimate of drug-likeness (QED) is 0.234. The number of amidine groups is 1. The number of carbonyl (C=O) groups excluding carboxylic acids is 2. The molecule has 2 amide bonds. The highest BCUT2D eigenvalue weighted by atomic mass is 79.9. The van der Waals surface area contributed by atoms with E-state index in [1.54, 1.807) is 67.2 Å². The molecule has 0 atom stereocenters. The molecule has 0 bridgehead atoms. The lowest BCUT2D eigenvalue weighted by Gasteiger charge is -2.12. The average Bonchev–Trinajstić information content (AvgIpc) is 3.37. The summed E-state index contributed by atoms with van der Waals surface area (Å²) in [6, 6.07) is 19.4. The number of benzene rings is 3. The highest BCUT2D eigenvalue weighted by Gasteiger charge is 2.38. The molecule has 1 aliphatic heterocycles. The molecule has 44 heavy (non-hydrogen) atoms. The van der Waals surface area contributed by atoms with Crippen LogP contribution in [-0.4, -0.2) is 41.4 Å². The first-order chi connectivity index (χ1) is 20.8. The Morgan fingerprint density at radius 2 is 1.77 bits per heavy atom. The van der Waals surface area contributed by atoms with E-state index in [1.165, 1.54) is 28.9 Å². The fraction of sp³-hybridized carbons (Fsp3) is 0.103. The van der Waals surface area contributed by atoms with E-state index in [0.29, 0.717) is 32.9 Å². The maximum Gasteiger partial charge on any atom is 0.296 e. The number of para-hydroxylation sites is 1. The van der Waals surface area contributed by atoms with Crippen LogP contribution in [0.1, 0.15) is 11.3 Å². The Labute approximate surface area is 264 Å². The molecule has 12 nitrogen and oxygen atoms in total. The van der Waals surface area contributed by atoms with E-state index in [4.69, 9.17) is 15.3 Å². The van der Waals surface area contributed by atoms with E-state index in [2.05, 4.69) is 21.2 Å². The third-order valence-electron chi connectivity index (χ3n) is 6.65. The normalized spacial score (nSPS) is 14.4. The Bertz CT molecular complexity index is 2000. The number of amides is 2. The van der Waals surface area contributed by atoms with Crippen LogP contribution in [0.4, 0.5) is 11.4 Å². The van der Waals surface area contributed by atoms with Gasteiger partial charge in [-0.3, -0.25) is 24.5 Å². The molecule has 1 fully saturated rings. The minimum absolute atomic E-state index is 0.0849. The van der Waals surface area contributed by atoms with Gasteiger partial charge in [0.2, 0.25) is 10.0 Å². The number of thioether (sulfide) groups is 1. The zero-order chi connectivity index (χ0) is 31.8. The van der Waals surface area contributed by atoms with E-state index >= 15 is 0 Å². The highest BCUT2D eigenvalue weighted by Crippen LogP contribution is 2.37. The standard InChI is InChI=1S/C29H25BrN6O6S2/c1-17-26(28(39)36(34(17)2)21-6-4-3-5-7-21)35-27(38)24(43-29(35)31)15-18-14-19(30)8-13-23(18)42-16-25(37)33-20-9-11-22(12-10-20)44(32,40)41/h3-15,31H,16H2,1-2H3,(H,33,37)(H2,32,40,41)/b24-15-,31-29?. The van der Waals surface area contributed by atoms with Crippen molar-refractivity contribution in [2.45, 2.75) is 11.8 Å². The van der Waals surface area contributed by atoms with Crippen molar-refractivity contribution in [1.82, 2.24) is 9.36 Å². The first-order valence-corrected chi connectivity index (χ1v) is 16.0. The van der Waals surface area contributed by atoms with Crippen LogP contribution in [0.15, 0.2) is 91.9 Å². The average molecular weight is 698 g/mol. The lowest BCUT2D eigenvalue weighted by molar-refractivity contribution is -0.118. The van der Waals surface area contributed by atoms with Crippen LogP contribution in [0, 0.1) is 12.3 Å². The molecule has 0 radical (unpaired) electrons. The zero-order valence-electron chi connectivity index (χ0n) is 23.3. The number of nitrogens with one attached hydrogen (secondary N) is 2. The second-order valence-corrected chi connectivity index (χ2v) is 13.1. The maximum atomic E-state index is 13.6. The largest absolute Gasteiger partial charge is 0.483 e. The minimum Gasteiger partial charge on any atom is -0.483 e. The summed E-state index contributed by atoms with van der Waals surface area (Å²) in [4.78, 5) is 40.9. The third kappa shape index (κ3) is 6.26. The molecule has 4 N–H and O–H groups in total. The number of nitrogens with zero attached hydrogens (tertiary/aromatic N) is 3. The number of carbonyl (C=O) groups is 2. The molecule has 0 saturated carbocycles. The van der Waals surface area contributed by atoms with Gasteiger partial charge in [-0.05, 0) is 79.4 Å². The molecule has 5 rings (SSSR count). The van der Waals surface area contributed by atoms with Crippen LogP contribution < -0.4 is 25.7 Å². The van der Waals surface area contributed by atoms with Crippen LogP contribution in [0.3, 0.4) is 0 Å². The van der Waals surface area contributed by atoms with E-state index in [1.807, 2.05) is 6.07 Å². The number of halogens is 1. The van der Waals surface area contributed by atoms with Gasteiger partial charge in [0.1, 0.15) is 11.4 Å². The van der Waals surface area contributed by atoms with Gasteiger partial charge in [0.05, 0.1) is 21.2 Å². The van der Waals surface area contributed by atoms with Gasteiger partial charge in [-0.15, -0.1) is 0 Å². The third-order valence-corrected chi connectivity index (χ3v) is 8.97. The molecule has 1 aromatic heterocycles. The van der Waals surface area contributed by atoms with E-state index in [0.717, 1.165) is 16.7 Å². The summed E-state index contributed by atoms with van der Waals surface area (Å²) < 4.78 is 32.4. The van der Waals surface area contributed by atoms with Crippen molar-refractivity contribution in [3.05, 3.63) is 104 Å². The van der Waals surface area contributed by atoms with Gasteiger partial charge in [0, 0.05) is 22.8 Å². The summed E-state index contributed by atoms with van der Waals surface area (Å²) in [5, 5.41) is 16.2. The summed E-state index contributed by atoms with van der Waals surface area (Å²) in [6.07, 6.45) is 1.54. The maximum absolute atomic E-state index is 13.6. The first kappa shape index (κ1) is 31.0. The van der Waals surface area contributed by atoms with Crippen molar-refractivity contribution >= 4 is 72.1 Å². The van der Waals surface area contributed by atoms with Gasteiger partial charge in [0.25, 0.3) is 17.4 Å². The van der Waals surface area contributed by atoms with Crippen molar-refractivity contribution in [3.8, 4) is 11.4 Å². The van der Waals surface area contributed by atoms with Crippen LogP contribution >= 0.6 is 27.7 Å². The molecule has 15 heteroatoms. The van der Waals surface area contributed by atoms with Crippen LogP contribution in [0.25, 0.3) is 11.8 Å². The topological polar surface area (TPSA) is 170 Å². The van der Waals surface area contributed by atoms with Crippen LogP contribution in [0.2, 0.25) is 0 Å². The van der Waals surface area contributed by atoms with Gasteiger partial charge in [-0.25, -0.2) is 23.1 Å².